The summed E-state index contributed by atoms with van der Waals surface area (Å²) in [7, 11) is 3.98. The maximum absolute atomic E-state index is 8.58. The molecule has 1 radical (unpaired) electrons. The van der Waals surface area contributed by atoms with Crippen LogP contribution in [0, 0.1) is 17.5 Å². The maximum atomic E-state index is 8.58. The highest BCUT2D eigenvalue weighted by Crippen LogP contribution is 2.05. The third-order valence-electron chi connectivity index (χ3n) is 1.99. The summed E-state index contributed by atoms with van der Waals surface area (Å²) in [5, 5.41) is 11.7. The Balaban J connectivity index is 2.60. The predicted molar refractivity (Wildman–Crippen MR) is 65.1 cm³/mol. The lowest BCUT2D eigenvalue weighted by Gasteiger charge is -2.12. The van der Waals surface area contributed by atoms with Gasteiger partial charge >= 0.3 is 0 Å². The van der Waals surface area contributed by atoms with Crippen molar-refractivity contribution in [1.82, 2.24) is 4.90 Å². The molecule has 0 saturated heterocycles. The highest BCUT2D eigenvalue weighted by Gasteiger charge is 2.01. The number of anilines is 1. The molecule has 83 valence electrons. The summed E-state index contributed by atoms with van der Waals surface area (Å²) in [6.07, 6.45) is 2.53. The molecule has 4 nitrogen and oxygen atoms in total. The van der Waals surface area contributed by atoms with Crippen molar-refractivity contribution < 1.29 is 0 Å². The number of benzene rings is 1. The van der Waals surface area contributed by atoms with Gasteiger partial charge in [0.2, 0.25) is 6.19 Å². The number of amidine groups is 1. The van der Waals surface area contributed by atoms with Gasteiger partial charge in [-0.05, 0) is 32.3 Å². The first-order chi connectivity index (χ1) is 7.72. The molecule has 0 unspecified atom stereocenters. The lowest BCUT2D eigenvalue weighted by atomic mass is 10.3. The molecule has 0 fully saturated rings. The third-order valence-corrected chi connectivity index (χ3v) is 1.99. The molecule has 1 aromatic carbocycles. The molecule has 1 aromatic rings. The summed E-state index contributed by atoms with van der Waals surface area (Å²) in [4.78, 5) is 5.81. The summed E-state index contributed by atoms with van der Waals surface area (Å²) in [6, 6.07) is 10.4. The molecule has 0 bridgehead atoms. The third kappa shape index (κ3) is 4.58. The van der Waals surface area contributed by atoms with Gasteiger partial charge in [-0.15, -0.1) is 0 Å². The zero-order valence-corrected chi connectivity index (χ0v) is 9.57. The van der Waals surface area contributed by atoms with E-state index in [0.29, 0.717) is 5.84 Å². The standard InChI is InChI=1S/C12H15N4/c1-16(2)9-8-12(14-10-13)15-11-6-4-3-5-7-11/h4-7H,8-9H2,1-2H3,(H,14,15). The molecular weight excluding hydrogens is 200 g/mol. The number of aliphatic imine (C=N–C) groups is 1. The second-order valence-electron chi connectivity index (χ2n) is 3.63. The van der Waals surface area contributed by atoms with E-state index in [1.165, 1.54) is 0 Å². The van der Waals surface area contributed by atoms with Crippen LogP contribution < -0.4 is 5.32 Å². The lowest BCUT2D eigenvalue weighted by molar-refractivity contribution is 0.422. The smallest absolute Gasteiger partial charge is 0.207 e. The summed E-state index contributed by atoms with van der Waals surface area (Å²) < 4.78 is 0. The van der Waals surface area contributed by atoms with Gasteiger partial charge in [0.15, 0.2) is 0 Å². The van der Waals surface area contributed by atoms with Crippen molar-refractivity contribution in [1.29, 1.82) is 5.26 Å². The average Bonchev–Trinajstić information content (AvgIpc) is 2.27. The van der Waals surface area contributed by atoms with Gasteiger partial charge in [0.05, 0.1) is 0 Å². The number of nitrogens with one attached hydrogen (secondary N) is 1. The minimum Gasteiger partial charge on any atom is -0.343 e. The van der Waals surface area contributed by atoms with Gasteiger partial charge in [-0.1, -0.05) is 12.1 Å². The number of rotatable bonds is 4. The highest BCUT2D eigenvalue weighted by molar-refractivity contribution is 5.96. The van der Waals surface area contributed by atoms with E-state index in [1.807, 2.05) is 49.5 Å². The molecule has 0 atom stereocenters. The van der Waals surface area contributed by atoms with Crippen LogP contribution in [0.1, 0.15) is 6.42 Å². The Hall–Kier alpha value is -1.86. The summed E-state index contributed by atoms with van der Waals surface area (Å²) in [5.41, 5.74) is 0.923. The van der Waals surface area contributed by atoms with E-state index in [-0.39, 0.29) is 0 Å². The fourth-order valence-electron chi connectivity index (χ4n) is 1.17. The predicted octanol–water partition coefficient (Wildman–Crippen LogP) is 1.73. The molecule has 0 heterocycles. The first-order valence-electron chi connectivity index (χ1n) is 5.06. The van der Waals surface area contributed by atoms with Crippen molar-refractivity contribution in [3.63, 3.8) is 0 Å². The molecule has 0 amide bonds. The first kappa shape index (κ1) is 12.2. The van der Waals surface area contributed by atoms with Crippen molar-refractivity contribution in [3.8, 4) is 6.19 Å². The van der Waals surface area contributed by atoms with Gasteiger partial charge in [0.25, 0.3) is 0 Å². The normalized spacial score (nSPS) is 11.2. The number of nitrogens with zero attached hydrogens (tertiary/aromatic N) is 3. The van der Waals surface area contributed by atoms with Gasteiger partial charge in [0, 0.05) is 18.7 Å². The zero-order chi connectivity index (χ0) is 11.8. The van der Waals surface area contributed by atoms with Crippen LogP contribution in [0.25, 0.3) is 0 Å². The molecule has 16 heavy (non-hydrogen) atoms. The fraction of sp³-hybridized carbons (Fsp3) is 0.333. The van der Waals surface area contributed by atoms with Crippen molar-refractivity contribution in [3.05, 3.63) is 30.3 Å². The van der Waals surface area contributed by atoms with E-state index in [4.69, 9.17) is 5.26 Å². The van der Waals surface area contributed by atoms with E-state index in [0.717, 1.165) is 18.7 Å². The Bertz CT molecular complexity index is 376. The maximum Gasteiger partial charge on any atom is 0.207 e. The first-order valence-corrected chi connectivity index (χ1v) is 5.06. The molecular formula is C12H15N4. The molecule has 0 aliphatic rings. The quantitative estimate of drug-likeness (QED) is 0.473. The van der Waals surface area contributed by atoms with Crippen LogP contribution in [0.3, 0.4) is 0 Å². The van der Waals surface area contributed by atoms with Crippen molar-refractivity contribution in [2.75, 3.05) is 26.0 Å². The van der Waals surface area contributed by atoms with E-state index < -0.39 is 0 Å². The molecule has 0 spiro atoms. The Labute approximate surface area is 96.2 Å². The number of hydrogen-bond donors (Lipinski definition) is 1. The van der Waals surface area contributed by atoms with Crippen LogP contribution >= 0.6 is 0 Å². The van der Waals surface area contributed by atoms with Gasteiger partial charge in [0.1, 0.15) is 5.84 Å². The Morgan fingerprint density at radius 2 is 2.19 bits per heavy atom. The number of hydrogen-bond acceptors (Lipinski definition) is 3. The minimum atomic E-state index is 0.683. The Morgan fingerprint density at radius 3 is 2.75 bits per heavy atom. The molecule has 0 saturated carbocycles. The van der Waals surface area contributed by atoms with E-state index in [2.05, 4.69) is 16.4 Å². The van der Waals surface area contributed by atoms with Crippen LogP contribution in [0.15, 0.2) is 29.3 Å². The number of nitriles is 1. The summed E-state index contributed by atoms with van der Waals surface area (Å²) >= 11 is 0. The van der Waals surface area contributed by atoms with Gasteiger partial charge < -0.3 is 10.2 Å². The lowest BCUT2D eigenvalue weighted by Crippen LogP contribution is -2.21. The SMILES string of the molecule is CN(C)CCC(=NC#N)Nc1cc[c]cc1. The fourth-order valence-corrected chi connectivity index (χ4v) is 1.17. The summed E-state index contributed by atoms with van der Waals surface area (Å²) in [6.45, 7) is 0.854. The van der Waals surface area contributed by atoms with Gasteiger partial charge in [-0.3, -0.25) is 0 Å². The van der Waals surface area contributed by atoms with E-state index in [9.17, 15) is 0 Å². The summed E-state index contributed by atoms with van der Waals surface area (Å²) in [5.74, 6) is 0.683. The highest BCUT2D eigenvalue weighted by atomic mass is 15.1. The average molecular weight is 215 g/mol. The van der Waals surface area contributed by atoms with Crippen molar-refractivity contribution in [2.24, 2.45) is 4.99 Å². The molecule has 0 aromatic heterocycles. The Morgan fingerprint density at radius 1 is 1.50 bits per heavy atom. The van der Waals surface area contributed by atoms with Crippen molar-refractivity contribution in [2.45, 2.75) is 6.42 Å². The molecule has 0 aliphatic carbocycles. The zero-order valence-electron chi connectivity index (χ0n) is 9.57. The minimum absolute atomic E-state index is 0.683. The van der Waals surface area contributed by atoms with Gasteiger partial charge in [-0.2, -0.15) is 10.3 Å². The van der Waals surface area contributed by atoms with Crippen LogP contribution in [-0.4, -0.2) is 31.4 Å². The van der Waals surface area contributed by atoms with Crippen LogP contribution in [0.5, 0.6) is 0 Å². The van der Waals surface area contributed by atoms with E-state index in [1.54, 1.807) is 0 Å². The van der Waals surface area contributed by atoms with Crippen LogP contribution in [0.4, 0.5) is 5.69 Å². The molecule has 4 heteroatoms. The Kier molecular flexibility index (Phi) is 5.03. The topological polar surface area (TPSA) is 51.4 Å². The largest absolute Gasteiger partial charge is 0.343 e. The van der Waals surface area contributed by atoms with E-state index >= 15 is 0 Å². The van der Waals surface area contributed by atoms with Crippen LogP contribution in [0.2, 0.25) is 0 Å². The second-order valence-corrected chi connectivity index (χ2v) is 3.63. The molecule has 0 aliphatic heterocycles. The second kappa shape index (κ2) is 6.59. The van der Waals surface area contributed by atoms with Crippen LogP contribution in [-0.2, 0) is 0 Å². The van der Waals surface area contributed by atoms with Crippen molar-refractivity contribution >= 4 is 11.5 Å². The van der Waals surface area contributed by atoms with Gasteiger partial charge in [-0.25, -0.2) is 0 Å². The molecule has 1 rings (SSSR count). The monoisotopic (exact) mass is 215 g/mol. The molecule has 1 N–H and O–H groups in total.